The third-order valence-electron chi connectivity index (χ3n) is 4.66. The highest BCUT2D eigenvalue weighted by Gasteiger charge is 2.38. The zero-order chi connectivity index (χ0) is 16.2. The Morgan fingerprint density at radius 2 is 1.78 bits per heavy atom. The van der Waals surface area contributed by atoms with Crippen molar-refractivity contribution in [3.63, 3.8) is 0 Å². The summed E-state index contributed by atoms with van der Waals surface area (Å²) in [6.07, 6.45) is 1.17. The molecule has 0 aliphatic carbocycles. The normalized spacial score (nSPS) is 24.0. The monoisotopic (exact) mass is 327 g/mol. The van der Waals surface area contributed by atoms with Gasteiger partial charge in [-0.15, -0.1) is 11.8 Å². The second-order valence-electron chi connectivity index (χ2n) is 6.20. The van der Waals surface area contributed by atoms with Crippen LogP contribution in [-0.2, 0) is 0 Å². The van der Waals surface area contributed by atoms with Crippen LogP contribution in [0.5, 0.6) is 5.75 Å². The summed E-state index contributed by atoms with van der Waals surface area (Å²) in [4.78, 5) is 3.95. The fraction of sp³-hybridized carbons (Fsp3) is 0.400. The summed E-state index contributed by atoms with van der Waals surface area (Å²) in [5.41, 5.74) is 1.31. The first-order valence-corrected chi connectivity index (χ1v) is 9.23. The lowest BCUT2D eigenvalue weighted by atomic mass is 10.1. The maximum atomic E-state index is 5.28. The number of ether oxygens (including phenoxy) is 1. The molecule has 3 heteroatoms. The first kappa shape index (κ1) is 16.3. The molecule has 0 radical (unpaired) electrons. The van der Waals surface area contributed by atoms with Gasteiger partial charge in [0.15, 0.2) is 0 Å². The van der Waals surface area contributed by atoms with Crippen LogP contribution in [-0.4, -0.2) is 24.9 Å². The highest BCUT2D eigenvalue weighted by atomic mass is 32.2. The molecule has 0 N–H and O–H groups in total. The highest BCUT2D eigenvalue weighted by Crippen LogP contribution is 2.41. The van der Waals surface area contributed by atoms with Crippen LogP contribution in [0, 0.1) is 5.92 Å². The summed E-state index contributed by atoms with van der Waals surface area (Å²) in [5.74, 6) is 1.59. The number of methoxy groups -OCH3 is 1. The molecule has 0 spiro atoms. The highest BCUT2D eigenvalue weighted by molar-refractivity contribution is 8.00. The van der Waals surface area contributed by atoms with Crippen molar-refractivity contribution in [1.29, 1.82) is 0 Å². The molecule has 122 valence electrons. The maximum Gasteiger partial charge on any atom is 0.119 e. The van der Waals surface area contributed by atoms with Crippen LogP contribution in [0.15, 0.2) is 59.5 Å². The van der Waals surface area contributed by atoms with E-state index in [-0.39, 0.29) is 0 Å². The predicted molar refractivity (Wildman–Crippen MR) is 99.7 cm³/mol. The Bertz CT molecular complexity index is 613. The van der Waals surface area contributed by atoms with Crippen molar-refractivity contribution >= 4 is 17.4 Å². The fourth-order valence-corrected chi connectivity index (χ4v) is 4.92. The quantitative estimate of drug-likeness (QED) is 0.759. The van der Waals surface area contributed by atoms with Crippen LogP contribution >= 0.6 is 11.8 Å². The molecule has 1 fully saturated rings. The topological polar surface area (TPSA) is 12.5 Å². The smallest absolute Gasteiger partial charge is 0.119 e. The summed E-state index contributed by atoms with van der Waals surface area (Å²) in [7, 11) is 1.72. The summed E-state index contributed by atoms with van der Waals surface area (Å²) in [5, 5.41) is 0.629. The Kier molecular flexibility index (Phi) is 5.16. The molecule has 3 atom stereocenters. The number of anilines is 1. The Labute approximate surface area is 143 Å². The predicted octanol–water partition coefficient (Wildman–Crippen LogP) is 5.09. The van der Waals surface area contributed by atoms with E-state index in [1.165, 1.54) is 17.0 Å². The molecular formula is C20H25NOS. The standard InChI is InChI=1S/C20H25NOS/c1-4-19-20(23-18-8-6-5-7-9-18)15(2)14-21(19)16-10-12-17(22-3)13-11-16/h5-13,15,19-20H,4,14H2,1-3H3/t15-,19+,20-/m1/s1. The molecule has 2 aromatic rings. The van der Waals surface area contributed by atoms with Gasteiger partial charge in [0.1, 0.15) is 5.75 Å². The summed E-state index contributed by atoms with van der Waals surface area (Å²) in [6, 6.07) is 19.9. The summed E-state index contributed by atoms with van der Waals surface area (Å²) < 4.78 is 5.28. The summed E-state index contributed by atoms with van der Waals surface area (Å²) in [6.45, 7) is 5.81. The molecule has 2 nitrogen and oxygen atoms in total. The Balaban J connectivity index is 1.80. The maximum absolute atomic E-state index is 5.28. The number of hydrogen-bond donors (Lipinski definition) is 0. The van der Waals surface area contributed by atoms with E-state index in [0.717, 1.165) is 12.3 Å². The van der Waals surface area contributed by atoms with Gasteiger partial charge in [0.05, 0.1) is 7.11 Å². The van der Waals surface area contributed by atoms with E-state index in [4.69, 9.17) is 4.74 Å². The zero-order valence-electron chi connectivity index (χ0n) is 14.1. The lowest BCUT2D eigenvalue weighted by Gasteiger charge is -2.29. The minimum absolute atomic E-state index is 0.573. The molecular weight excluding hydrogens is 302 g/mol. The molecule has 0 aromatic heterocycles. The van der Waals surface area contributed by atoms with Gasteiger partial charge in [-0.3, -0.25) is 0 Å². The third-order valence-corrected chi connectivity index (χ3v) is 6.26. The largest absolute Gasteiger partial charge is 0.497 e. The molecule has 0 bridgehead atoms. The SMILES string of the molecule is CC[C@H]1[C@H](Sc2ccccc2)[C@H](C)CN1c1ccc(OC)cc1. The van der Waals surface area contributed by atoms with E-state index in [2.05, 4.69) is 73.3 Å². The van der Waals surface area contributed by atoms with Gasteiger partial charge >= 0.3 is 0 Å². The van der Waals surface area contributed by atoms with Crippen LogP contribution in [0.25, 0.3) is 0 Å². The van der Waals surface area contributed by atoms with Crippen LogP contribution in [0.4, 0.5) is 5.69 Å². The number of thioether (sulfide) groups is 1. The van der Waals surface area contributed by atoms with Crippen molar-refractivity contribution in [3.8, 4) is 5.75 Å². The lowest BCUT2D eigenvalue weighted by Crippen LogP contribution is -2.33. The van der Waals surface area contributed by atoms with Gasteiger partial charge in [0, 0.05) is 28.4 Å². The Morgan fingerprint density at radius 1 is 1.09 bits per heavy atom. The van der Waals surface area contributed by atoms with Gasteiger partial charge in [0.25, 0.3) is 0 Å². The molecule has 1 saturated heterocycles. The van der Waals surface area contributed by atoms with Crippen LogP contribution in [0.1, 0.15) is 20.3 Å². The van der Waals surface area contributed by atoms with Crippen molar-refractivity contribution in [3.05, 3.63) is 54.6 Å². The van der Waals surface area contributed by atoms with Gasteiger partial charge in [-0.2, -0.15) is 0 Å². The van der Waals surface area contributed by atoms with Gasteiger partial charge in [0.2, 0.25) is 0 Å². The van der Waals surface area contributed by atoms with Crippen LogP contribution in [0.3, 0.4) is 0 Å². The molecule has 2 aromatic carbocycles. The molecule has 0 saturated carbocycles. The molecule has 1 aliphatic rings. The average Bonchev–Trinajstić information content (AvgIpc) is 2.92. The molecule has 0 unspecified atom stereocenters. The molecule has 0 amide bonds. The molecule has 3 rings (SSSR count). The molecule has 23 heavy (non-hydrogen) atoms. The molecule has 1 heterocycles. The lowest BCUT2D eigenvalue weighted by molar-refractivity contribution is 0.415. The van der Waals surface area contributed by atoms with Crippen molar-refractivity contribution < 1.29 is 4.74 Å². The zero-order valence-corrected chi connectivity index (χ0v) is 14.9. The number of rotatable bonds is 5. The fourth-order valence-electron chi connectivity index (χ4n) is 3.48. The van der Waals surface area contributed by atoms with Crippen molar-refractivity contribution in [2.24, 2.45) is 5.92 Å². The van der Waals surface area contributed by atoms with E-state index in [0.29, 0.717) is 17.2 Å². The van der Waals surface area contributed by atoms with Gasteiger partial charge in [-0.1, -0.05) is 32.0 Å². The second kappa shape index (κ2) is 7.31. The van der Waals surface area contributed by atoms with Crippen molar-refractivity contribution in [2.45, 2.75) is 36.5 Å². The first-order valence-electron chi connectivity index (χ1n) is 8.35. The van der Waals surface area contributed by atoms with E-state index in [1.807, 2.05) is 11.8 Å². The van der Waals surface area contributed by atoms with Gasteiger partial charge in [-0.05, 0) is 48.7 Å². The number of hydrogen-bond acceptors (Lipinski definition) is 3. The first-order chi connectivity index (χ1) is 11.2. The van der Waals surface area contributed by atoms with Crippen LogP contribution in [0.2, 0.25) is 0 Å². The Morgan fingerprint density at radius 3 is 2.39 bits per heavy atom. The van der Waals surface area contributed by atoms with Crippen LogP contribution < -0.4 is 9.64 Å². The minimum atomic E-state index is 0.573. The van der Waals surface area contributed by atoms with Crippen molar-refractivity contribution in [1.82, 2.24) is 0 Å². The third kappa shape index (κ3) is 3.50. The van der Waals surface area contributed by atoms with E-state index >= 15 is 0 Å². The van der Waals surface area contributed by atoms with Gasteiger partial charge < -0.3 is 9.64 Å². The summed E-state index contributed by atoms with van der Waals surface area (Å²) >= 11 is 2.03. The molecule has 1 aliphatic heterocycles. The minimum Gasteiger partial charge on any atom is -0.497 e. The van der Waals surface area contributed by atoms with E-state index < -0.39 is 0 Å². The second-order valence-corrected chi connectivity index (χ2v) is 7.45. The van der Waals surface area contributed by atoms with Crippen molar-refractivity contribution in [2.75, 3.05) is 18.6 Å². The van der Waals surface area contributed by atoms with E-state index in [9.17, 15) is 0 Å². The number of benzene rings is 2. The van der Waals surface area contributed by atoms with E-state index in [1.54, 1.807) is 7.11 Å². The Hall–Kier alpha value is -1.61. The number of nitrogens with zero attached hydrogens (tertiary/aromatic N) is 1. The average molecular weight is 327 g/mol. The van der Waals surface area contributed by atoms with Gasteiger partial charge in [-0.25, -0.2) is 0 Å².